The molecule has 0 radical (unpaired) electrons. The van der Waals surface area contributed by atoms with Gasteiger partial charge in [-0.05, 0) is 36.4 Å². The molecule has 9 aromatic rings. The molecule has 0 N–H and O–H groups in total. The lowest BCUT2D eigenvalue weighted by atomic mass is 10.1. The van der Waals surface area contributed by atoms with Crippen LogP contribution in [-0.2, 0) is 0 Å². The summed E-state index contributed by atoms with van der Waals surface area (Å²) in [5.74, 6) is 0.959. The Morgan fingerprint density at radius 1 is 0.429 bits per heavy atom. The van der Waals surface area contributed by atoms with Gasteiger partial charge in [-0.3, -0.25) is 8.80 Å². The molecule has 162 valence electrons. The molecule has 0 amide bonds. The van der Waals surface area contributed by atoms with Crippen molar-refractivity contribution in [2.75, 3.05) is 0 Å². The van der Waals surface area contributed by atoms with Gasteiger partial charge in [0.15, 0.2) is 0 Å². The van der Waals surface area contributed by atoms with Crippen molar-refractivity contribution in [3.8, 4) is 5.69 Å². The molecule has 4 nitrogen and oxygen atoms in total. The van der Waals surface area contributed by atoms with Gasteiger partial charge in [0.05, 0.1) is 38.8 Å². The van der Waals surface area contributed by atoms with Crippen molar-refractivity contribution >= 4 is 65.9 Å². The number of rotatable bonds is 1. The molecule has 5 aromatic carbocycles. The molecule has 0 aliphatic heterocycles. The minimum atomic E-state index is 0.959. The number of hydrogen-bond acceptors (Lipinski definition) is 1. The summed E-state index contributed by atoms with van der Waals surface area (Å²) < 4.78 is 7.02. The van der Waals surface area contributed by atoms with Crippen LogP contribution in [-0.4, -0.2) is 18.4 Å². The summed E-state index contributed by atoms with van der Waals surface area (Å²) in [7, 11) is 0. The molecule has 0 unspecified atom stereocenters. The molecular formula is C31H18N4. The number of hydrogen-bond donors (Lipinski definition) is 0. The third-order valence-electron chi connectivity index (χ3n) is 7.58. The van der Waals surface area contributed by atoms with Gasteiger partial charge in [-0.1, -0.05) is 72.8 Å². The van der Waals surface area contributed by atoms with Crippen molar-refractivity contribution in [2.24, 2.45) is 0 Å². The highest BCUT2D eigenvalue weighted by Gasteiger charge is 2.22. The van der Waals surface area contributed by atoms with E-state index in [9.17, 15) is 0 Å². The zero-order valence-electron chi connectivity index (χ0n) is 18.7. The first-order chi connectivity index (χ1) is 17.4. The standard InChI is InChI=1S/C31H18N4/c1-4-13-23-19(9-1)20-10-2-5-14-24(20)33(23)26-16-8-17-27-29(26)32-31-34(27)28-18-7-12-22-21-11-3-6-15-25(21)35(31)30(22)28/h1-18H. The van der Waals surface area contributed by atoms with Crippen LogP contribution in [0.3, 0.4) is 0 Å². The number of benzene rings is 5. The summed E-state index contributed by atoms with van der Waals surface area (Å²) in [4.78, 5) is 5.33. The van der Waals surface area contributed by atoms with Gasteiger partial charge in [0.25, 0.3) is 0 Å². The third-order valence-corrected chi connectivity index (χ3v) is 7.58. The molecule has 0 aliphatic rings. The Kier molecular flexibility index (Phi) is 3.01. The van der Waals surface area contributed by atoms with Crippen LogP contribution in [0.4, 0.5) is 0 Å². The van der Waals surface area contributed by atoms with Crippen LogP contribution < -0.4 is 0 Å². The average molecular weight is 447 g/mol. The highest BCUT2D eigenvalue weighted by molar-refractivity contribution is 6.16. The molecule has 0 aliphatic carbocycles. The van der Waals surface area contributed by atoms with Gasteiger partial charge >= 0.3 is 0 Å². The maximum atomic E-state index is 5.33. The maximum absolute atomic E-state index is 5.33. The first-order valence-corrected chi connectivity index (χ1v) is 11.9. The summed E-state index contributed by atoms with van der Waals surface area (Å²) in [6.45, 7) is 0. The summed E-state index contributed by atoms with van der Waals surface area (Å²) in [6.07, 6.45) is 0. The number of nitrogens with zero attached hydrogens (tertiary/aromatic N) is 4. The average Bonchev–Trinajstić information content (AvgIpc) is 3.63. The van der Waals surface area contributed by atoms with Crippen LogP contribution in [0.5, 0.6) is 0 Å². The van der Waals surface area contributed by atoms with E-state index < -0.39 is 0 Å². The zero-order chi connectivity index (χ0) is 22.7. The second kappa shape index (κ2) is 5.99. The smallest absolute Gasteiger partial charge is 0.220 e. The summed E-state index contributed by atoms with van der Waals surface area (Å²) in [5.41, 5.74) is 9.26. The quantitative estimate of drug-likeness (QED) is 0.255. The van der Waals surface area contributed by atoms with Crippen molar-refractivity contribution < 1.29 is 0 Å². The molecule has 9 rings (SSSR count). The fourth-order valence-corrected chi connectivity index (χ4v) is 6.21. The van der Waals surface area contributed by atoms with Gasteiger partial charge in [0, 0.05) is 21.5 Å². The topological polar surface area (TPSA) is 26.6 Å². The van der Waals surface area contributed by atoms with Gasteiger partial charge in [-0.2, -0.15) is 0 Å². The molecule has 4 aromatic heterocycles. The molecule has 35 heavy (non-hydrogen) atoms. The van der Waals surface area contributed by atoms with E-state index in [2.05, 4.69) is 123 Å². The van der Waals surface area contributed by atoms with Gasteiger partial charge < -0.3 is 4.57 Å². The molecule has 4 heteroatoms. The molecule has 0 saturated carbocycles. The zero-order valence-corrected chi connectivity index (χ0v) is 18.7. The molecule has 0 fully saturated rings. The Bertz CT molecular complexity index is 2220. The molecule has 0 spiro atoms. The predicted octanol–water partition coefficient (Wildman–Crippen LogP) is 7.58. The third kappa shape index (κ3) is 1.98. The lowest BCUT2D eigenvalue weighted by molar-refractivity contribution is 1.18. The van der Waals surface area contributed by atoms with E-state index in [0.717, 1.165) is 22.5 Å². The van der Waals surface area contributed by atoms with Crippen molar-refractivity contribution in [1.82, 2.24) is 18.4 Å². The Morgan fingerprint density at radius 2 is 0.971 bits per heavy atom. The van der Waals surface area contributed by atoms with E-state index in [1.54, 1.807) is 0 Å². The van der Waals surface area contributed by atoms with E-state index in [1.165, 1.54) is 49.1 Å². The van der Waals surface area contributed by atoms with Crippen LogP contribution >= 0.6 is 0 Å². The largest absolute Gasteiger partial charge is 0.307 e. The summed E-state index contributed by atoms with van der Waals surface area (Å²) >= 11 is 0. The van der Waals surface area contributed by atoms with Crippen LogP contribution in [0.2, 0.25) is 0 Å². The first kappa shape index (κ1) is 17.6. The Labute approximate surface area is 199 Å². The van der Waals surface area contributed by atoms with E-state index in [0.29, 0.717) is 0 Å². The fourth-order valence-electron chi connectivity index (χ4n) is 6.21. The number of para-hydroxylation sites is 5. The van der Waals surface area contributed by atoms with Crippen molar-refractivity contribution in [3.05, 3.63) is 109 Å². The Morgan fingerprint density at radius 3 is 1.71 bits per heavy atom. The summed E-state index contributed by atoms with van der Waals surface area (Å²) in [5, 5.41) is 5.06. The first-order valence-electron chi connectivity index (χ1n) is 11.9. The SMILES string of the molecule is c1ccc2c(c1)c1ccccc1n2-c1cccc2c1nc1n2c2cccc3c4ccccc4n1c32. The van der Waals surface area contributed by atoms with Crippen LogP contribution in [0, 0.1) is 0 Å². The number of fused-ring (bicyclic) bond motifs is 11. The monoisotopic (exact) mass is 446 g/mol. The number of aromatic nitrogens is 4. The lowest BCUT2D eigenvalue weighted by Gasteiger charge is -2.08. The predicted molar refractivity (Wildman–Crippen MR) is 144 cm³/mol. The van der Waals surface area contributed by atoms with E-state index >= 15 is 0 Å². The van der Waals surface area contributed by atoms with Crippen molar-refractivity contribution in [2.45, 2.75) is 0 Å². The minimum absolute atomic E-state index is 0.959. The maximum Gasteiger partial charge on any atom is 0.220 e. The van der Waals surface area contributed by atoms with Crippen LogP contribution in [0.15, 0.2) is 109 Å². The minimum Gasteiger partial charge on any atom is -0.307 e. The van der Waals surface area contributed by atoms with Crippen molar-refractivity contribution in [3.63, 3.8) is 0 Å². The highest BCUT2D eigenvalue weighted by Crippen LogP contribution is 2.39. The van der Waals surface area contributed by atoms with Gasteiger partial charge in [-0.25, -0.2) is 4.98 Å². The second-order valence-electron chi connectivity index (χ2n) is 9.29. The van der Waals surface area contributed by atoms with Crippen LogP contribution in [0.25, 0.3) is 71.6 Å². The Hall–Kier alpha value is -4.83. The van der Waals surface area contributed by atoms with Gasteiger partial charge in [0.1, 0.15) is 5.52 Å². The Balaban J connectivity index is 1.51. The molecule has 0 atom stereocenters. The molecule has 0 saturated heterocycles. The van der Waals surface area contributed by atoms with Gasteiger partial charge in [-0.15, -0.1) is 0 Å². The molecular weight excluding hydrogens is 428 g/mol. The fraction of sp³-hybridized carbons (Fsp3) is 0. The molecule has 4 heterocycles. The lowest BCUT2D eigenvalue weighted by Crippen LogP contribution is -1.95. The number of imidazole rings is 2. The van der Waals surface area contributed by atoms with Crippen LogP contribution in [0.1, 0.15) is 0 Å². The normalized spacial score (nSPS) is 12.6. The van der Waals surface area contributed by atoms with E-state index in [4.69, 9.17) is 4.98 Å². The summed E-state index contributed by atoms with van der Waals surface area (Å²) in [6, 6.07) is 39.0. The van der Waals surface area contributed by atoms with Gasteiger partial charge in [0.2, 0.25) is 5.78 Å². The highest BCUT2D eigenvalue weighted by atomic mass is 15.2. The van der Waals surface area contributed by atoms with E-state index in [1.807, 2.05) is 0 Å². The van der Waals surface area contributed by atoms with Crippen molar-refractivity contribution in [1.29, 1.82) is 0 Å². The second-order valence-corrected chi connectivity index (χ2v) is 9.29. The molecule has 0 bridgehead atoms. The van der Waals surface area contributed by atoms with E-state index in [-0.39, 0.29) is 0 Å².